The maximum Gasteiger partial charge on any atom is 0.270 e. The summed E-state index contributed by atoms with van der Waals surface area (Å²) in [7, 11) is 0. The number of carbonyl (C=O) groups is 1. The van der Waals surface area contributed by atoms with Gasteiger partial charge in [0.1, 0.15) is 0 Å². The Hall–Kier alpha value is -2.87. The highest BCUT2D eigenvalue weighted by Gasteiger charge is 2.17. The van der Waals surface area contributed by atoms with Crippen LogP contribution in [-0.2, 0) is 4.74 Å². The molecule has 8 heteroatoms. The first-order valence-electron chi connectivity index (χ1n) is 7.60. The first kappa shape index (κ1) is 16.0. The molecule has 1 aliphatic rings. The first-order chi connectivity index (χ1) is 11.6. The third-order valence-corrected chi connectivity index (χ3v) is 3.74. The Morgan fingerprint density at radius 3 is 2.83 bits per heavy atom. The molecule has 2 aromatic rings. The molecular weight excluding hydrogens is 312 g/mol. The number of aromatic nitrogens is 2. The Morgan fingerprint density at radius 2 is 2.17 bits per heavy atom. The van der Waals surface area contributed by atoms with E-state index in [1.54, 1.807) is 12.1 Å². The number of carbonyl (C=O) groups excluding carboxylic acids is 1. The van der Waals surface area contributed by atoms with Crippen molar-refractivity contribution in [2.75, 3.05) is 13.2 Å². The molecular formula is C16H16N4O4. The molecule has 1 aromatic carbocycles. The second kappa shape index (κ2) is 7.14. The van der Waals surface area contributed by atoms with Crippen LogP contribution in [0, 0.1) is 10.1 Å². The zero-order valence-corrected chi connectivity index (χ0v) is 12.8. The fraction of sp³-hybridized carbons (Fsp3) is 0.312. The quantitative estimate of drug-likeness (QED) is 0.664. The predicted octanol–water partition coefficient (Wildman–Crippen LogP) is 1.96. The number of nitrogens with zero attached hydrogens (tertiary/aromatic N) is 3. The summed E-state index contributed by atoms with van der Waals surface area (Å²) in [6.07, 6.45) is 4.85. The second-order valence-corrected chi connectivity index (χ2v) is 5.45. The van der Waals surface area contributed by atoms with E-state index in [0.717, 1.165) is 19.4 Å². The second-order valence-electron chi connectivity index (χ2n) is 5.45. The minimum Gasteiger partial charge on any atom is -0.376 e. The summed E-state index contributed by atoms with van der Waals surface area (Å²) >= 11 is 0. The molecule has 0 unspecified atom stereocenters. The van der Waals surface area contributed by atoms with Gasteiger partial charge in [-0.3, -0.25) is 14.9 Å². The molecule has 0 saturated carbocycles. The van der Waals surface area contributed by atoms with Crippen molar-refractivity contribution < 1.29 is 14.5 Å². The van der Waals surface area contributed by atoms with Crippen LogP contribution in [0.4, 0.5) is 5.69 Å². The topological polar surface area (TPSA) is 107 Å². The number of nitrogens with one attached hydrogen (secondary N) is 1. The van der Waals surface area contributed by atoms with Gasteiger partial charge in [-0.15, -0.1) is 0 Å². The van der Waals surface area contributed by atoms with Crippen molar-refractivity contribution in [3.8, 4) is 11.4 Å². The van der Waals surface area contributed by atoms with E-state index in [1.165, 1.54) is 24.5 Å². The molecule has 0 bridgehead atoms. The molecule has 1 amide bonds. The van der Waals surface area contributed by atoms with Crippen molar-refractivity contribution in [1.82, 2.24) is 15.3 Å². The lowest BCUT2D eigenvalue weighted by Gasteiger charge is -2.10. The lowest BCUT2D eigenvalue weighted by Crippen LogP contribution is -2.31. The Balaban J connectivity index is 1.67. The molecule has 1 aliphatic heterocycles. The summed E-state index contributed by atoms with van der Waals surface area (Å²) in [5, 5.41) is 13.6. The molecule has 1 aromatic heterocycles. The van der Waals surface area contributed by atoms with Crippen LogP contribution in [0.25, 0.3) is 11.4 Å². The van der Waals surface area contributed by atoms with Gasteiger partial charge in [-0.1, -0.05) is 12.1 Å². The summed E-state index contributed by atoms with van der Waals surface area (Å²) < 4.78 is 5.45. The van der Waals surface area contributed by atoms with E-state index in [1.807, 2.05) is 0 Å². The van der Waals surface area contributed by atoms with E-state index in [-0.39, 0.29) is 17.7 Å². The maximum atomic E-state index is 12.1. The van der Waals surface area contributed by atoms with Gasteiger partial charge in [0.15, 0.2) is 5.82 Å². The monoisotopic (exact) mass is 328 g/mol. The SMILES string of the molecule is O=C(NC[C@@H]1CCCO1)c1cnc(-c2cccc([N+](=O)[O-])c2)nc1. The van der Waals surface area contributed by atoms with Crippen LogP contribution in [0.15, 0.2) is 36.7 Å². The van der Waals surface area contributed by atoms with Gasteiger partial charge in [0, 0.05) is 43.2 Å². The molecule has 0 aliphatic carbocycles. The zero-order valence-electron chi connectivity index (χ0n) is 12.8. The van der Waals surface area contributed by atoms with E-state index in [0.29, 0.717) is 23.5 Å². The normalized spacial score (nSPS) is 16.8. The predicted molar refractivity (Wildman–Crippen MR) is 85.4 cm³/mol. The van der Waals surface area contributed by atoms with Crippen molar-refractivity contribution in [2.24, 2.45) is 0 Å². The number of non-ortho nitro benzene ring substituents is 1. The highest BCUT2D eigenvalue weighted by molar-refractivity contribution is 5.93. The number of rotatable bonds is 5. The fourth-order valence-corrected chi connectivity index (χ4v) is 2.47. The molecule has 0 spiro atoms. The third-order valence-electron chi connectivity index (χ3n) is 3.74. The van der Waals surface area contributed by atoms with Crippen LogP contribution in [-0.4, -0.2) is 40.1 Å². The standard InChI is InChI=1S/C16H16N4O4/c21-16(19-10-14-5-2-6-24-14)12-8-17-15(18-9-12)11-3-1-4-13(7-11)20(22)23/h1,3-4,7-9,14H,2,5-6,10H2,(H,19,21)/t14-/m0/s1. The lowest BCUT2D eigenvalue weighted by atomic mass is 10.2. The summed E-state index contributed by atoms with van der Waals surface area (Å²) in [6.45, 7) is 1.20. The van der Waals surface area contributed by atoms with Crippen molar-refractivity contribution in [3.63, 3.8) is 0 Å². The van der Waals surface area contributed by atoms with Crippen LogP contribution >= 0.6 is 0 Å². The minimum absolute atomic E-state index is 0.0329. The minimum atomic E-state index is -0.476. The maximum absolute atomic E-state index is 12.1. The highest BCUT2D eigenvalue weighted by atomic mass is 16.6. The largest absolute Gasteiger partial charge is 0.376 e. The average Bonchev–Trinajstić information content (AvgIpc) is 3.13. The smallest absolute Gasteiger partial charge is 0.270 e. The van der Waals surface area contributed by atoms with Gasteiger partial charge in [-0.25, -0.2) is 9.97 Å². The van der Waals surface area contributed by atoms with E-state index < -0.39 is 4.92 Å². The number of ether oxygens (including phenoxy) is 1. The van der Waals surface area contributed by atoms with Crippen molar-refractivity contribution in [1.29, 1.82) is 0 Å². The molecule has 1 fully saturated rings. The van der Waals surface area contributed by atoms with Gasteiger partial charge in [0.05, 0.1) is 16.6 Å². The van der Waals surface area contributed by atoms with Gasteiger partial charge in [-0.05, 0) is 12.8 Å². The van der Waals surface area contributed by atoms with Gasteiger partial charge >= 0.3 is 0 Å². The molecule has 124 valence electrons. The number of nitro groups is 1. The first-order valence-corrected chi connectivity index (χ1v) is 7.60. The summed E-state index contributed by atoms with van der Waals surface area (Å²) in [6, 6.07) is 6.04. The number of hydrogen-bond acceptors (Lipinski definition) is 6. The van der Waals surface area contributed by atoms with E-state index in [2.05, 4.69) is 15.3 Å². The number of benzene rings is 1. The lowest BCUT2D eigenvalue weighted by molar-refractivity contribution is -0.384. The van der Waals surface area contributed by atoms with Gasteiger partial charge in [0.2, 0.25) is 0 Å². The number of nitro benzene ring substituents is 1. The third kappa shape index (κ3) is 3.72. The van der Waals surface area contributed by atoms with Crippen molar-refractivity contribution >= 4 is 11.6 Å². The van der Waals surface area contributed by atoms with Crippen LogP contribution in [0.3, 0.4) is 0 Å². The van der Waals surface area contributed by atoms with Crippen LogP contribution < -0.4 is 5.32 Å². The van der Waals surface area contributed by atoms with Gasteiger partial charge in [0.25, 0.3) is 11.6 Å². The van der Waals surface area contributed by atoms with Crippen LogP contribution in [0.5, 0.6) is 0 Å². The van der Waals surface area contributed by atoms with Crippen molar-refractivity contribution in [3.05, 3.63) is 52.3 Å². The summed E-state index contributed by atoms with van der Waals surface area (Å²) in [5.41, 5.74) is 0.826. The van der Waals surface area contributed by atoms with E-state index in [9.17, 15) is 14.9 Å². The van der Waals surface area contributed by atoms with Gasteiger partial charge < -0.3 is 10.1 Å². The van der Waals surface area contributed by atoms with Crippen LogP contribution in [0.1, 0.15) is 23.2 Å². The van der Waals surface area contributed by atoms with E-state index in [4.69, 9.17) is 4.74 Å². The Bertz CT molecular complexity index is 742. The fourth-order valence-electron chi connectivity index (χ4n) is 2.47. The number of hydrogen-bond donors (Lipinski definition) is 1. The van der Waals surface area contributed by atoms with Gasteiger partial charge in [-0.2, -0.15) is 0 Å². The molecule has 8 nitrogen and oxygen atoms in total. The molecule has 1 N–H and O–H groups in total. The molecule has 0 radical (unpaired) electrons. The van der Waals surface area contributed by atoms with E-state index >= 15 is 0 Å². The Morgan fingerprint density at radius 1 is 1.38 bits per heavy atom. The molecule has 24 heavy (non-hydrogen) atoms. The molecule has 1 atom stereocenters. The highest BCUT2D eigenvalue weighted by Crippen LogP contribution is 2.20. The van der Waals surface area contributed by atoms with Crippen molar-refractivity contribution in [2.45, 2.75) is 18.9 Å². The Labute approximate surface area is 138 Å². The zero-order chi connectivity index (χ0) is 16.9. The average molecular weight is 328 g/mol. The summed E-state index contributed by atoms with van der Waals surface area (Å²) in [4.78, 5) is 30.6. The molecule has 1 saturated heterocycles. The molecule has 3 rings (SSSR count). The van der Waals surface area contributed by atoms with Crippen LogP contribution in [0.2, 0.25) is 0 Å². The Kier molecular flexibility index (Phi) is 4.76. The number of amides is 1. The molecule has 2 heterocycles. The summed E-state index contributed by atoms with van der Waals surface area (Å²) in [5.74, 6) is 0.0606.